The highest BCUT2D eigenvalue weighted by atomic mass is 19.4. The van der Waals surface area contributed by atoms with Crippen molar-refractivity contribution in [3.63, 3.8) is 0 Å². The summed E-state index contributed by atoms with van der Waals surface area (Å²) >= 11 is 0. The van der Waals surface area contributed by atoms with E-state index in [1.165, 1.54) is 4.90 Å². The standard InChI is InChI=1S/C15H27F3N4O/c1-2-19-14(21-9-13-4-3-7-23-13)20-8-12-5-6-22(10-12)11-15(16,17)18/h12-13H,2-11H2,1H3,(H2,19,20,21). The predicted octanol–water partition coefficient (Wildman–Crippen LogP) is 1.60. The molecule has 2 N–H and O–H groups in total. The van der Waals surface area contributed by atoms with Gasteiger partial charge in [-0.1, -0.05) is 0 Å². The van der Waals surface area contributed by atoms with Gasteiger partial charge in [0, 0.05) is 32.8 Å². The number of aliphatic imine (C=N–C) groups is 1. The monoisotopic (exact) mass is 336 g/mol. The van der Waals surface area contributed by atoms with E-state index in [2.05, 4.69) is 15.6 Å². The zero-order valence-corrected chi connectivity index (χ0v) is 13.7. The molecule has 2 aliphatic heterocycles. The van der Waals surface area contributed by atoms with Crippen LogP contribution in [0.25, 0.3) is 0 Å². The van der Waals surface area contributed by atoms with Gasteiger partial charge in [0.15, 0.2) is 5.96 Å². The summed E-state index contributed by atoms with van der Waals surface area (Å²) in [4.78, 5) is 5.98. The van der Waals surface area contributed by atoms with E-state index in [0.717, 1.165) is 44.9 Å². The largest absolute Gasteiger partial charge is 0.401 e. The van der Waals surface area contributed by atoms with Gasteiger partial charge in [0.1, 0.15) is 0 Å². The lowest BCUT2D eigenvalue weighted by Gasteiger charge is -2.18. The van der Waals surface area contributed by atoms with E-state index in [0.29, 0.717) is 19.6 Å². The molecule has 2 atom stereocenters. The first-order valence-electron chi connectivity index (χ1n) is 8.39. The molecule has 0 aromatic carbocycles. The zero-order chi connectivity index (χ0) is 16.7. The third-order valence-electron chi connectivity index (χ3n) is 4.15. The number of nitrogens with zero attached hydrogens (tertiary/aromatic N) is 2. The van der Waals surface area contributed by atoms with Crippen LogP contribution in [0, 0.1) is 5.92 Å². The Balaban J connectivity index is 1.74. The molecule has 2 saturated heterocycles. The van der Waals surface area contributed by atoms with Gasteiger partial charge >= 0.3 is 6.18 Å². The summed E-state index contributed by atoms with van der Waals surface area (Å²) in [6.45, 7) is 4.98. The van der Waals surface area contributed by atoms with E-state index in [-0.39, 0.29) is 12.0 Å². The molecule has 23 heavy (non-hydrogen) atoms. The van der Waals surface area contributed by atoms with Crippen LogP contribution >= 0.6 is 0 Å². The van der Waals surface area contributed by atoms with Crippen molar-refractivity contribution in [2.75, 3.05) is 45.9 Å². The molecule has 0 radical (unpaired) electrons. The second-order valence-corrected chi connectivity index (χ2v) is 6.24. The first-order chi connectivity index (χ1) is 11.0. The highest BCUT2D eigenvalue weighted by Gasteiger charge is 2.34. The van der Waals surface area contributed by atoms with E-state index < -0.39 is 12.7 Å². The van der Waals surface area contributed by atoms with Crippen molar-refractivity contribution in [1.82, 2.24) is 15.5 Å². The number of halogens is 3. The SMILES string of the molecule is CCNC(=NCC1CCN(CC(F)(F)F)C1)NCC1CCCO1. The lowest BCUT2D eigenvalue weighted by molar-refractivity contribution is -0.143. The summed E-state index contributed by atoms with van der Waals surface area (Å²) in [6.07, 6.45) is -0.966. The smallest absolute Gasteiger partial charge is 0.376 e. The number of alkyl halides is 3. The average Bonchev–Trinajstić information content (AvgIpc) is 3.12. The highest BCUT2D eigenvalue weighted by Crippen LogP contribution is 2.22. The van der Waals surface area contributed by atoms with Crippen LogP contribution in [-0.4, -0.2) is 69.0 Å². The van der Waals surface area contributed by atoms with Crippen molar-refractivity contribution in [1.29, 1.82) is 0 Å². The molecule has 0 aromatic rings. The molecule has 0 spiro atoms. The van der Waals surface area contributed by atoms with Crippen LogP contribution in [0.1, 0.15) is 26.2 Å². The van der Waals surface area contributed by atoms with Crippen molar-refractivity contribution in [2.24, 2.45) is 10.9 Å². The van der Waals surface area contributed by atoms with Crippen molar-refractivity contribution in [3.8, 4) is 0 Å². The van der Waals surface area contributed by atoms with Gasteiger partial charge in [-0.3, -0.25) is 9.89 Å². The molecule has 8 heteroatoms. The first-order valence-corrected chi connectivity index (χ1v) is 8.39. The second-order valence-electron chi connectivity index (χ2n) is 6.24. The Kier molecular flexibility index (Phi) is 6.95. The molecule has 2 aliphatic rings. The van der Waals surface area contributed by atoms with Crippen LogP contribution in [0.4, 0.5) is 13.2 Å². The summed E-state index contributed by atoms with van der Waals surface area (Å²) in [6, 6.07) is 0. The molecule has 2 fully saturated rings. The molecule has 2 heterocycles. The van der Waals surface area contributed by atoms with Gasteiger partial charge in [0.05, 0.1) is 12.6 Å². The normalized spacial score (nSPS) is 26.7. The van der Waals surface area contributed by atoms with Crippen molar-refractivity contribution in [3.05, 3.63) is 0 Å². The maximum atomic E-state index is 12.4. The highest BCUT2D eigenvalue weighted by molar-refractivity contribution is 5.79. The molecule has 2 unspecified atom stereocenters. The van der Waals surface area contributed by atoms with Crippen LogP contribution in [0.5, 0.6) is 0 Å². The number of likely N-dealkylation sites (tertiary alicyclic amines) is 1. The predicted molar refractivity (Wildman–Crippen MR) is 83.6 cm³/mol. The van der Waals surface area contributed by atoms with Crippen molar-refractivity contribution >= 4 is 5.96 Å². The van der Waals surface area contributed by atoms with Gasteiger partial charge < -0.3 is 15.4 Å². The average molecular weight is 336 g/mol. The van der Waals surface area contributed by atoms with Crippen LogP contribution in [0.3, 0.4) is 0 Å². The lowest BCUT2D eigenvalue weighted by Crippen LogP contribution is -2.41. The Bertz CT molecular complexity index is 383. The topological polar surface area (TPSA) is 48.9 Å². The molecule has 0 saturated carbocycles. The molecule has 134 valence electrons. The Morgan fingerprint density at radius 3 is 2.78 bits per heavy atom. The van der Waals surface area contributed by atoms with Crippen molar-refractivity contribution in [2.45, 2.75) is 38.5 Å². The van der Waals surface area contributed by atoms with E-state index in [9.17, 15) is 13.2 Å². The zero-order valence-electron chi connectivity index (χ0n) is 13.7. The van der Waals surface area contributed by atoms with Gasteiger partial charge in [-0.15, -0.1) is 0 Å². The molecular weight excluding hydrogens is 309 g/mol. The first kappa shape index (κ1) is 18.3. The Morgan fingerprint density at radius 1 is 1.30 bits per heavy atom. The summed E-state index contributed by atoms with van der Waals surface area (Å²) in [7, 11) is 0. The Hall–Kier alpha value is -1.02. The third kappa shape index (κ3) is 6.95. The minimum atomic E-state index is -4.12. The summed E-state index contributed by atoms with van der Waals surface area (Å²) in [5.41, 5.74) is 0. The molecular formula is C15H27F3N4O. The number of hydrogen-bond acceptors (Lipinski definition) is 3. The minimum Gasteiger partial charge on any atom is -0.376 e. The van der Waals surface area contributed by atoms with Crippen molar-refractivity contribution < 1.29 is 17.9 Å². The van der Waals surface area contributed by atoms with E-state index in [1.807, 2.05) is 6.92 Å². The summed E-state index contributed by atoms with van der Waals surface area (Å²) in [5.74, 6) is 0.910. The molecule has 0 aromatic heterocycles. The van der Waals surface area contributed by atoms with Gasteiger partial charge in [0.25, 0.3) is 0 Å². The number of guanidine groups is 1. The molecule has 0 bridgehead atoms. The Labute approximate surface area is 135 Å². The lowest BCUT2D eigenvalue weighted by atomic mass is 10.1. The van der Waals surface area contributed by atoms with E-state index >= 15 is 0 Å². The number of hydrogen-bond donors (Lipinski definition) is 2. The number of nitrogens with one attached hydrogen (secondary N) is 2. The van der Waals surface area contributed by atoms with Gasteiger partial charge in [-0.2, -0.15) is 13.2 Å². The fourth-order valence-electron chi connectivity index (χ4n) is 3.04. The molecule has 5 nitrogen and oxygen atoms in total. The van der Waals surface area contributed by atoms with Crippen LogP contribution in [0.15, 0.2) is 4.99 Å². The molecule has 0 aliphatic carbocycles. The van der Waals surface area contributed by atoms with Crippen LogP contribution < -0.4 is 10.6 Å². The van der Waals surface area contributed by atoms with Gasteiger partial charge in [0.2, 0.25) is 0 Å². The summed E-state index contributed by atoms with van der Waals surface area (Å²) < 4.78 is 42.8. The number of rotatable bonds is 6. The van der Waals surface area contributed by atoms with Gasteiger partial charge in [-0.05, 0) is 38.6 Å². The minimum absolute atomic E-state index is 0.190. The van der Waals surface area contributed by atoms with E-state index in [1.54, 1.807) is 0 Å². The summed E-state index contributed by atoms with van der Waals surface area (Å²) in [5, 5.41) is 6.43. The maximum absolute atomic E-state index is 12.4. The quantitative estimate of drug-likeness (QED) is 0.571. The fraction of sp³-hybridized carbons (Fsp3) is 0.933. The maximum Gasteiger partial charge on any atom is 0.401 e. The fourth-order valence-corrected chi connectivity index (χ4v) is 3.04. The van der Waals surface area contributed by atoms with E-state index in [4.69, 9.17) is 4.74 Å². The van der Waals surface area contributed by atoms with Gasteiger partial charge in [-0.25, -0.2) is 0 Å². The van der Waals surface area contributed by atoms with Crippen LogP contribution in [0.2, 0.25) is 0 Å². The molecule has 0 amide bonds. The number of ether oxygens (including phenoxy) is 1. The van der Waals surface area contributed by atoms with Crippen LogP contribution in [-0.2, 0) is 4.74 Å². The molecule has 2 rings (SSSR count). The third-order valence-corrected chi connectivity index (χ3v) is 4.15. The second kappa shape index (κ2) is 8.73. The Morgan fingerprint density at radius 2 is 2.13 bits per heavy atom.